The molecule has 0 heterocycles. The summed E-state index contributed by atoms with van der Waals surface area (Å²) in [7, 11) is 0. The summed E-state index contributed by atoms with van der Waals surface area (Å²) >= 11 is 0. The second-order valence-corrected chi connectivity index (χ2v) is 4.28. The Labute approximate surface area is 104 Å². The van der Waals surface area contributed by atoms with Crippen LogP contribution in [0.3, 0.4) is 0 Å². The first-order valence-corrected chi connectivity index (χ1v) is 6.42. The zero-order valence-electron chi connectivity index (χ0n) is 11.0. The van der Waals surface area contributed by atoms with Crippen molar-refractivity contribution in [1.82, 2.24) is 0 Å². The Balaban J connectivity index is 2.16. The average Bonchev–Trinajstić information content (AvgIpc) is 2.33. The van der Waals surface area contributed by atoms with Crippen LogP contribution < -0.4 is 11.1 Å². The Kier molecular flexibility index (Phi) is 6.48. The minimum Gasteiger partial charge on any atom is -0.397 e. The fourth-order valence-corrected chi connectivity index (χ4v) is 1.58. The number of para-hydroxylation sites is 1. The summed E-state index contributed by atoms with van der Waals surface area (Å²) in [6, 6.07) is 6.06. The van der Waals surface area contributed by atoms with Crippen LogP contribution in [0, 0.1) is 6.92 Å². The second kappa shape index (κ2) is 7.96. The summed E-state index contributed by atoms with van der Waals surface area (Å²) in [5, 5.41) is 3.34. The molecule has 0 saturated heterocycles. The molecule has 0 radical (unpaired) electrons. The molecule has 0 saturated carbocycles. The van der Waals surface area contributed by atoms with E-state index in [4.69, 9.17) is 10.5 Å². The Bertz CT molecular complexity index is 326. The van der Waals surface area contributed by atoms with Gasteiger partial charge in [-0.15, -0.1) is 0 Å². The van der Waals surface area contributed by atoms with Crippen LogP contribution in [0.5, 0.6) is 0 Å². The fraction of sp³-hybridized carbons (Fsp3) is 0.571. The van der Waals surface area contributed by atoms with Crippen molar-refractivity contribution in [3.63, 3.8) is 0 Å². The van der Waals surface area contributed by atoms with Crippen molar-refractivity contribution >= 4 is 11.4 Å². The first kappa shape index (κ1) is 13.8. The van der Waals surface area contributed by atoms with E-state index < -0.39 is 0 Å². The molecule has 96 valence electrons. The SMILES string of the molecule is CCCCOCCCNc1cccc(C)c1N. The molecule has 0 unspecified atom stereocenters. The summed E-state index contributed by atoms with van der Waals surface area (Å²) in [5.74, 6) is 0. The lowest BCUT2D eigenvalue weighted by Gasteiger charge is -2.11. The summed E-state index contributed by atoms with van der Waals surface area (Å²) in [5.41, 5.74) is 8.96. The number of hydrogen-bond acceptors (Lipinski definition) is 3. The summed E-state index contributed by atoms with van der Waals surface area (Å²) in [6.07, 6.45) is 3.35. The predicted octanol–water partition coefficient (Wildman–Crippen LogP) is 3.20. The summed E-state index contributed by atoms with van der Waals surface area (Å²) in [6.45, 7) is 6.79. The maximum atomic E-state index is 5.97. The number of benzene rings is 1. The van der Waals surface area contributed by atoms with Gasteiger partial charge in [0, 0.05) is 19.8 Å². The van der Waals surface area contributed by atoms with Gasteiger partial charge in [-0.25, -0.2) is 0 Å². The second-order valence-electron chi connectivity index (χ2n) is 4.28. The highest BCUT2D eigenvalue weighted by Gasteiger charge is 1.99. The fourth-order valence-electron chi connectivity index (χ4n) is 1.58. The number of ether oxygens (including phenoxy) is 1. The molecule has 0 atom stereocenters. The molecule has 3 nitrogen and oxygen atoms in total. The Hall–Kier alpha value is -1.22. The molecule has 1 aromatic carbocycles. The molecule has 1 rings (SSSR count). The standard InChI is InChI=1S/C14H24N2O/c1-3-4-10-17-11-6-9-16-13-8-5-7-12(2)14(13)15/h5,7-8,16H,3-4,6,9-11,15H2,1-2H3. The highest BCUT2D eigenvalue weighted by Crippen LogP contribution is 2.21. The van der Waals surface area contributed by atoms with Gasteiger partial charge >= 0.3 is 0 Å². The maximum Gasteiger partial charge on any atom is 0.0579 e. The van der Waals surface area contributed by atoms with E-state index in [1.165, 1.54) is 6.42 Å². The Morgan fingerprint density at radius 3 is 2.76 bits per heavy atom. The average molecular weight is 236 g/mol. The molecule has 0 aliphatic rings. The van der Waals surface area contributed by atoms with E-state index in [-0.39, 0.29) is 0 Å². The molecule has 0 aliphatic carbocycles. The number of anilines is 2. The van der Waals surface area contributed by atoms with E-state index in [9.17, 15) is 0 Å². The van der Waals surface area contributed by atoms with Crippen LogP contribution in [0.1, 0.15) is 31.7 Å². The first-order valence-electron chi connectivity index (χ1n) is 6.42. The Morgan fingerprint density at radius 2 is 2.00 bits per heavy atom. The van der Waals surface area contributed by atoms with Crippen LogP contribution in [-0.2, 0) is 4.74 Å². The van der Waals surface area contributed by atoms with E-state index in [0.29, 0.717) is 0 Å². The van der Waals surface area contributed by atoms with Gasteiger partial charge in [-0.1, -0.05) is 25.5 Å². The van der Waals surface area contributed by atoms with Crippen LogP contribution in [0.4, 0.5) is 11.4 Å². The molecule has 0 fully saturated rings. The number of rotatable bonds is 8. The van der Waals surface area contributed by atoms with Crippen LogP contribution in [0.2, 0.25) is 0 Å². The molecule has 3 N–H and O–H groups in total. The third-order valence-electron chi connectivity index (χ3n) is 2.75. The van der Waals surface area contributed by atoms with Crippen molar-refractivity contribution in [1.29, 1.82) is 0 Å². The lowest BCUT2D eigenvalue weighted by Crippen LogP contribution is -2.08. The van der Waals surface area contributed by atoms with Crippen LogP contribution >= 0.6 is 0 Å². The third kappa shape index (κ3) is 5.09. The van der Waals surface area contributed by atoms with Crippen molar-refractivity contribution in [2.24, 2.45) is 0 Å². The normalized spacial score (nSPS) is 10.5. The number of nitrogens with one attached hydrogen (secondary N) is 1. The van der Waals surface area contributed by atoms with E-state index in [2.05, 4.69) is 12.2 Å². The highest BCUT2D eigenvalue weighted by atomic mass is 16.5. The molecule has 3 heteroatoms. The predicted molar refractivity (Wildman–Crippen MR) is 74.4 cm³/mol. The van der Waals surface area contributed by atoms with Crippen LogP contribution in [0.25, 0.3) is 0 Å². The first-order chi connectivity index (χ1) is 8.25. The summed E-state index contributed by atoms with van der Waals surface area (Å²) in [4.78, 5) is 0. The number of hydrogen-bond donors (Lipinski definition) is 2. The molecule has 1 aromatic rings. The number of nitrogens with two attached hydrogens (primary N) is 1. The van der Waals surface area contributed by atoms with Crippen LogP contribution in [0.15, 0.2) is 18.2 Å². The van der Waals surface area contributed by atoms with Gasteiger partial charge in [-0.2, -0.15) is 0 Å². The minimum absolute atomic E-state index is 0.818. The van der Waals surface area contributed by atoms with E-state index in [0.717, 1.165) is 49.5 Å². The van der Waals surface area contributed by atoms with Gasteiger partial charge in [-0.3, -0.25) is 0 Å². The molecule has 0 amide bonds. The van der Waals surface area contributed by atoms with Crippen molar-refractivity contribution in [3.05, 3.63) is 23.8 Å². The van der Waals surface area contributed by atoms with Gasteiger partial charge in [-0.05, 0) is 31.4 Å². The van der Waals surface area contributed by atoms with Gasteiger partial charge in [0.1, 0.15) is 0 Å². The molecular weight excluding hydrogens is 212 g/mol. The maximum absolute atomic E-state index is 5.97. The van der Waals surface area contributed by atoms with Gasteiger partial charge < -0.3 is 15.8 Å². The topological polar surface area (TPSA) is 47.3 Å². The molecule has 0 spiro atoms. The third-order valence-corrected chi connectivity index (χ3v) is 2.75. The van der Waals surface area contributed by atoms with Crippen molar-refractivity contribution in [2.75, 3.05) is 30.8 Å². The molecule has 0 bridgehead atoms. The molecule has 17 heavy (non-hydrogen) atoms. The quantitative estimate of drug-likeness (QED) is 0.538. The Morgan fingerprint density at radius 1 is 1.24 bits per heavy atom. The number of aryl methyl sites for hydroxylation is 1. The molecular formula is C14H24N2O. The van der Waals surface area contributed by atoms with Gasteiger partial charge in [0.15, 0.2) is 0 Å². The summed E-state index contributed by atoms with van der Waals surface area (Å²) < 4.78 is 5.49. The van der Waals surface area contributed by atoms with E-state index in [1.54, 1.807) is 0 Å². The highest BCUT2D eigenvalue weighted by molar-refractivity contribution is 5.69. The van der Waals surface area contributed by atoms with Gasteiger partial charge in [0.05, 0.1) is 11.4 Å². The number of nitrogen functional groups attached to an aromatic ring is 1. The minimum atomic E-state index is 0.818. The van der Waals surface area contributed by atoms with Crippen molar-refractivity contribution < 1.29 is 4.74 Å². The molecule has 0 aliphatic heterocycles. The van der Waals surface area contributed by atoms with E-state index in [1.807, 2.05) is 25.1 Å². The van der Waals surface area contributed by atoms with Crippen molar-refractivity contribution in [3.8, 4) is 0 Å². The monoisotopic (exact) mass is 236 g/mol. The molecule has 0 aromatic heterocycles. The zero-order chi connectivity index (χ0) is 12.5. The van der Waals surface area contributed by atoms with Gasteiger partial charge in [0.25, 0.3) is 0 Å². The zero-order valence-corrected chi connectivity index (χ0v) is 11.0. The lowest BCUT2D eigenvalue weighted by molar-refractivity contribution is 0.131. The smallest absolute Gasteiger partial charge is 0.0579 e. The number of unbranched alkanes of at least 4 members (excludes halogenated alkanes) is 1. The lowest BCUT2D eigenvalue weighted by atomic mass is 10.2. The van der Waals surface area contributed by atoms with E-state index >= 15 is 0 Å². The van der Waals surface area contributed by atoms with Crippen LogP contribution in [-0.4, -0.2) is 19.8 Å². The van der Waals surface area contributed by atoms with Crippen molar-refractivity contribution in [2.45, 2.75) is 33.1 Å². The largest absolute Gasteiger partial charge is 0.397 e. The van der Waals surface area contributed by atoms with Gasteiger partial charge in [0.2, 0.25) is 0 Å².